The van der Waals surface area contributed by atoms with Gasteiger partial charge in [0.25, 0.3) is 5.56 Å². The predicted molar refractivity (Wildman–Crippen MR) is 45.0 cm³/mol. The van der Waals surface area contributed by atoms with Crippen LogP contribution in [0.25, 0.3) is 0 Å². The second-order valence-electron chi connectivity index (χ2n) is 2.45. The van der Waals surface area contributed by atoms with Gasteiger partial charge in [-0.05, 0) is 13.0 Å². The maximum Gasteiger partial charge on any atom is 0.328 e. The Morgan fingerprint density at radius 2 is 2.25 bits per heavy atom. The summed E-state index contributed by atoms with van der Waals surface area (Å²) in [7, 11) is 0. The van der Waals surface area contributed by atoms with Crippen LogP contribution < -0.4 is 17.0 Å². The molecule has 1 heterocycles. The smallest absolute Gasteiger partial charge is 0.328 e. The second kappa shape index (κ2) is 3.87. The summed E-state index contributed by atoms with van der Waals surface area (Å²) in [5.41, 5.74) is 4.52. The monoisotopic (exact) mass is 169 g/mol. The summed E-state index contributed by atoms with van der Waals surface area (Å²) in [4.78, 5) is 23.8. The lowest BCUT2D eigenvalue weighted by molar-refractivity contribution is 0.611. The summed E-state index contributed by atoms with van der Waals surface area (Å²) in [5.74, 6) is 0. The van der Waals surface area contributed by atoms with Gasteiger partial charge >= 0.3 is 5.69 Å². The van der Waals surface area contributed by atoms with E-state index in [-0.39, 0.29) is 11.2 Å². The van der Waals surface area contributed by atoms with Crippen LogP contribution in [0, 0.1) is 0 Å². The first-order chi connectivity index (χ1) is 5.74. The van der Waals surface area contributed by atoms with Gasteiger partial charge in [-0.15, -0.1) is 0 Å². The zero-order valence-corrected chi connectivity index (χ0v) is 6.62. The van der Waals surface area contributed by atoms with Crippen molar-refractivity contribution in [1.29, 1.82) is 0 Å². The van der Waals surface area contributed by atoms with E-state index in [1.807, 2.05) is 0 Å². The molecule has 0 saturated heterocycles. The van der Waals surface area contributed by atoms with Crippen molar-refractivity contribution in [1.82, 2.24) is 9.55 Å². The molecule has 0 fully saturated rings. The zero-order valence-electron chi connectivity index (χ0n) is 6.62. The zero-order chi connectivity index (χ0) is 8.97. The maximum atomic E-state index is 11.0. The van der Waals surface area contributed by atoms with Crippen LogP contribution in [-0.4, -0.2) is 16.1 Å². The molecule has 1 aromatic heterocycles. The third-order valence-corrected chi connectivity index (χ3v) is 1.50. The molecule has 5 nitrogen and oxygen atoms in total. The van der Waals surface area contributed by atoms with Gasteiger partial charge < -0.3 is 10.3 Å². The maximum absolute atomic E-state index is 11.0. The van der Waals surface area contributed by atoms with Gasteiger partial charge in [-0.1, -0.05) is 0 Å². The van der Waals surface area contributed by atoms with E-state index in [0.717, 1.165) is 6.42 Å². The molecule has 0 atom stereocenters. The lowest BCUT2D eigenvalue weighted by Gasteiger charge is -2.00. The van der Waals surface area contributed by atoms with Crippen LogP contribution in [-0.2, 0) is 6.54 Å². The molecular formula is C7H11N3O2. The van der Waals surface area contributed by atoms with Crippen molar-refractivity contribution < 1.29 is 0 Å². The summed E-state index contributed by atoms with van der Waals surface area (Å²) in [6, 6.07) is 1.32. The molecule has 0 spiro atoms. The number of H-pyrrole nitrogens is 1. The third kappa shape index (κ3) is 2.06. The van der Waals surface area contributed by atoms with Crippen molar-refractivity contribution in [2.75, 3.05) is 6.54 Å². The molecule has 1 rings (SSSR count). The van der Waals surface area contributed by atoms with Crippen LogP contribution in [0.15, 0.2) is 21.9 Å². The minimum atomic E-state index is -0.379. The van der Waals surface area contributed by atoms with Crippen LogP contribution >= 0.6 is 0 Å². The Hall–Kier alpha value is -1.36. The van der Waals surface area contributed by atoms with Crippen LogP contribution in [0.4, 0.5) is 0 Å². The molecule has 1 aromatic rings. The van der Waals surface area contributed by atoms with Crippen molar-refractivity contribution in [2.24, 2.45) is 5.73 Å². The highest BCUT2D eigenvalue weighted by Crippen LogP contribution is 1.80. The number of nitrogens with zero attached hydrogens (tertiary/aromatic N) is 1. The van der Waals surface area contributed by atoms with Crippen molar-refractivity contribution >= 4 is 0 Å². The third-order valence-electron chi connectivity index (χ3n) is 1.50. The molecule has 12 heavy (non-hydrogen) atoms. The van der Waals surface area contributed by atoms with E-state index in [0.29, 0.717) is 13.1 Å². The quantitative estimate of drug-likeness (QED) is 0.601. The summed E-state index contributed by atoms with van der Waals surface area (Å²) in [6.45, 7) is 1.08. The number of hydrogen-bond acceptors (Lipinski definition) is 3. The normalized spacial score (nSPS) is 10.1. The fraction of sp³-hybridized carbons (Fsp3) is 0.429. The number of nitrogens with one attached hydrogen (secondary N) is 1. The highest BCUT2D eigenvalue weighted by molar-refractivity contribution is 4.82. The number of aryl methyl sites for hydroxylation is 1. The average molecular weight is 169 g/mol. The van der Waals surface area contributed by atoms with E-state index >= 15 is 0 Å². The van der Waals surface area contributed by atoms with Gasteiger partial charge in [0.05, 0.1) is 0 Å². The van der Waals surface area contributed by atoms with Gasteiger partial charge in [-0.2, -0.15) is 0 Å². The van der Waals surface area contributed by atoms with Gasteiger partial charge in [0.2, 0.25) is 0 Å². The first-order valence-electron chi connectivity index (χ1n) is 3.74. The summed E-state index contributed by atoms with van der Waals surface area (Å²) < 4.78 is 1.42. The van der Waals surface area contributed by atoms with Crippen LogP contribution in [0.5, 0.6) is 0 Å². The Balaban J connectivity index is 2.87. The largest absolute Gasteiger partial charge is 0.330 e. The number of nitrogens with two attached hydrogens (primary N) is 1. The lowest BCUT2D eigenvalue weighted by atomic mass is 10.4. The van der Waals surface area contributed by atoms with E-state index < -0.39 is 0 Å². The van der Waals surface area contributed by atoms with Gasteiger partial charge in [0, 0.05) is 18.8 Å². The molecule has 0 aliphatic rings. The van der Waals surface area contributed by atoms with Crippen molar-refractivity contribution in [3.8, 4) is 0 Å². The Bertz CT molecular complexity index is 352. The van der Waals surface area contributed by atoms with Crippen LogP contribution in [0.3, 0.4) is 0 Å². The highest BCUT2D eigenvalue weighted by atomic mass is 16.2. The molecule has 0 bridgehead atoms. The number of aromatic amines is 1. The lowest BCUT2D eigenvalue weighted by Crippen LogP contribution is -2.29. The highest BCUT2D eigenvalue weighted by Gasteiger charge is 1.93. The molecule has 3 N–H and O–H groups in total. The summed E-state index contributed by atoms with van der Waals surface area (Å²) in [5, 5.41) is 0. The molecule has 0 aliphatic carbocycles. The fourth-order valence-electron chi connectivity index (χ4n) is 0.882. The standard InChI is InChI=1S/C7H11N3O2/c8-3-1-4-10-5-2-6(11)9-7(10)12/h2,5H,1,3-4,8H2,(H,9,11,12). The Kier molecular flexibility index (Phi) is 2.82. The second-order valence-corrected chi connectivity index (χ2v) is 2.45. The Labute approximate surface area is 68.8 Å². The minimum absolute atomic E-state index is 0.371. The molecule has 5 heteroatoms. The van der Waals surface area contributed by atoms with Gasteiger partial charge in [0.1, 0.15) is 0 Å². The van der Waals surface area contributed by atoms with Gasteiger partial charge in [-0.25, -0.2) is 4.79 Å². The SMILES string of the molecule is NCCCn1ccc(=O)[nH]c1=O. The van der Waals surface area contributed by atoms with E-state index in [4.69, 9.17) is 5.73 Å². The number of rotatable bonds is 3. The van der Waals surface area contributed by atoms with Crippen molar-refractivity contribution in [3.63, 3.8) is 0 Å². The fourth-order valence-corrected chi connectivity index (χ4v) is 0.882. The molecule has 0 radical (unpaired) electrons. The van der Waals surface area contributed by atoms with Gasteiger partial charge in [-0.3, -0.25) is 9.78 Å². The van der Waals surface area contributed by atoms with E-state index in [1.165, 1.54) is 16.8 Å². The van der Waals surface area contributed by atoms with Crippen LogP contribution in [0.1, 0.15) is 6.42 Å². The molecule has 0 amide bonds. The first kappa shape index (κ1) is 8.73. The van der Waals surface area contributed by atoms with Crippen molar-refractivity contribution in [3.05, 3.63) is 33.1 Å². The topological polar surface area (TPSA) is 80.9 Å². The number of hydrogen-bond donors (Lipinski definition) is 2. The Morgan fingerprint density at radius 1 is 1.50 bits per heavy atom. The molecule has 66 valence electrons. The molecular weight excluding hydrogens is 158 g/mol. The molecule has 0 unspecified atom stereocenters. The summed E-state index contributed by atoms with van der Waals surface area (Å²) in [6.07, 6.45) is 2.20. The molecule has 0 saturated carbocycles. The molecule has 0 aromatic carbocycles. The first-order valence-corrected chi connectivity index (χ1v) is 3.74. The average Bonchev–Trinajstić information content (AvgIpc) is 2.03. The molecule has 0 aliphatic heterocycles. The Morgan fingerprint density at radius 3 is 2.83 bits per heavy atom. The van der Waals surface area contributed by atoms with E-state index in [9.17, 15) is 9.59 Å². The van der Waals surface area contributed by atoms with E-state index in [1.54, 1.807) is 0 Å². The number of aromatic nitrogens is 2. The predicted octanol–water partition coefficient (Wildman–Crippen LogP) is -1.11. The van der Waals surface area contributed by atoms with E-state index in [2.05, 4.69) is 4.98 Å². The van der Waals surface area contributed by atoms with Crippen LogP contribution in [0.2, 0.25) is 0 Å². The minimum Gasteiger partial charge on any atom is -0.330 e. The summed E-state index contributed by atoms with van der Waals surface area (Å²) >= 11 is 0. The van der Waals surface area contributed by atoms with Gasteiger partial charge in [0.15, 0.2) is 0 Å². The van der Waals surface area contributed by atoms with Crippen molar-refractivity contribution in [2.45, 2.75) is 13.0 Å².